The highest BCUT2D eigenvalue weighted by atomic mass is 32.1. The maximum absolute atomic E-state index is 4.40. The number of rotatable bonds is 4. The van der Waals surface area contributed by atoms with Crippen molar-refractivity contribution in [3.8, 4) is 0 Å². The third-order valence-electron chi connectivity index (χ3n) is 3.67. The third-order valence-corrected chi connectivity index (χ3v) is 4.68. The van der Waals surface area contributed by atoms with E-state index < -0.39 is 0 Å². The molecule has 3 heteroatoms. The van der Waals surface area contributed by atoms with Crippen molar-refractivity contribution in [1.82, 2.24) is 10.3 Å². The van der Waals surface area contributed by atoms with Gasteiger partial charge in [-0.05, 0) is 54.4 Å². The lowest BCUT2D eigenvalue weighted by atomic mass is 10.00. The van der Waals surface area contributed by atoms with E-state index in [-0.39, 0.29) is 0 Å². The number of nitrogens with one attached hydrogen (secondary N) is 1. The van der Waals surface area contributed by atoms with Gasteiger partial charge < -0.3 is 5.32 Å². The second-order valence-corrected chi connectivity index (χ2v) is 5.95. The van der Waals surface area contributed by atoms with Crippen LogP contribution in [0.5, 0.6) is 0 Å². The molecule has 2 aromatic heterocycles. The zero-order valence-corrected chi connectivity index (χ0v) is 12.6. The minimum absolute atomic E-state index is 0.307. The average Bonchev–Trinajstić information content (AvgIpc) is 2.89. The van der Waals surface area contributed by atoms with Gasteiger partial charge in [0.1, 0.15) is 0 Å². The van der Waals surface area contributed by atoms with Crippen LogP contribution in [0.25, 0.3) is 10.1 Å². The van der Waals surface area contributed by atoms with Gasteiger partial charge in [0, 0.05) is 22.6 Å². The summed E-state index contributed by atoms with van der Waals surface area (Å²) in [5.41, 5.74) is 3.71. The van der Waals surface area contributed by atoms with Crippen LogP contribution < -0.4 is 5.32 Å². The lowest BCUT2D eigenvalue weighted by Crippen LogP contribution is -2.18. The molecular weight excluding hydrogens is 264 g/mol. The lowest BCUT2D eigenvalue weighted by molar-refractivity contribution is 0.592. The topological polar surface area (TPSA) is 24.9 Å². The van der Waals surface area contributed by atoms with Gasteiger partial charge in [0.15, 0.2) is 0 Å². The second-order valence-electron chi connectivity index (χ2n) is 5.04. The molecule has 0 amide bonds. The Bertz CT molecular complexity index is 700. The van der Waals surface area contributed by atoms with E-state index in [0.717, 1.165) is 12.1 Å². The zero-order valence-electron chi connectivity index (χ0n) is 11.8. The molecule has 0 radical (unpaired) electrons. The van der Waals surface area contributed by atoms with Gasteiger partial charge in [-0.15, -0.1) is 11.3 Å². The summed E-state index contributed by atoms with van der Waals surface area (Å²) in [6.07, 6.45) is 2.97. The van der Waals surface area contributed by atoms with Crippen LogP contribution in [-0.2, 0) is 6.42 Å². The molecule has 0 spiro atoms. The molecule has 0 saturated heterocycles. The number of aryl methyl sites for hydroxylation is 1. The Labute approximate surface area is 123 Å². The Kier molecular flexibility index (Phi) is 3.81. The van der Waals surface area contributed by atoms with Gasteiger partial charge in [0.25, 0.3) is 0 Å². The molecular formula is C17H18N2S. The summed E-state index contributed by atoms with van der Waals surface area (Å²) >= 11 is 1.82. The molecule has 3 aromatic rings. The summed E-state index contributed by atoms with van der Waals surface area (Å²) in [5.74, 6) is 0. The first kappa shape index (κ1) is 13.3. The number of hydrogen-bond acceptors (Lipinski definition) is 3. The number of hydrogen-bond donors (Lipinski definition) is 1. The van der Waals surface area contributed by atoms with E-state index in [1.807, 2.05) is 31.5 Å². The minimum atomic E-state index is 0.307. The van der Waals surface area contributed by atoms with E-state index >= 15 is 0 Å². The van der Waals surface area contributed by atoms with Crippen molar-refractivity contribution in [3.05, 3.63) is 64.8 Å². The maximum atomic E-state index is 4.40. The van der Waals surface area contributed by atoms with Crippen molar-refractivity contribution >= 4 is 21.4 Å². The van der Waals surface area contributed by atoms with Gasteiger partial charge in [-0.1, -0.05) is 24.3 Å². The second kappa shape index (κ2) is 5.73. The van der Waals surface area contributed by atoms with Crippen LogP contribution in [0, 0.1) is 6.92 Å². The van der Waals surface area contributed by atoms with Gasteiger partial charge in [-0.3, -0.25) is 4.98 Å². The van der Waals surface area contributed by atoms with E-state index in [9.17, 15) is 0 Å². The van der Waals surface area contributed by atoms with E-state index in [1.54, 1.807) is 0 Å². The van der Waals surface area contributed by atoms with Crippen LogP contribution in [0.1, 0.15) is 22.9 Å². The molecule has 1 aromatic carbocycles. The molecule has 0 bridgehead atoms. The molecule has 0 aliphatic carbocycles. The Balaban J connectivity index is 1.89. The molecule has 0 saturated carbocycles. The van der Waals surface area contributed by atoms with Gasteiger partial charge in [0.2, 0.25) is 0 Å². The number of fused-ring (bicyclic) bond motifs is 1. The number of thiophene rings is 1. The lowest BCUT2D eigenvalue weighted by Gasteiger charge is -2.16. The molecule has 1 unspecified atom stereocenters. The van der Waals surface area contributed by atoms with Crippen LogP contribution in [-0.4, -0.2) is 12.0 Å². The predicted molar refractivity (Wildman–Crippen MR) is 86.3 cm³/mol. The van der Waals surface area contributed by atoms with Gasteiger partial charge in [0.05, 0.1) is 0 Å². The average molecular weight is 282 g/mol. The first-order chi connectivity index (χ1) is 9.78. The zero-order chi connectivity index (χ0) is 13.9. The molecule has 0 fully saturated rings. The van der Waals surface area contributed by atoms with Crippen LogP contribution in [0.2, 0.25) is 0 Å². The summed E-state index contributed by atoms with van der Waals surface area (Å²) in [6.45, 7) is 2.02. The number of benzene rings is 1. The summed E-state index contributed by atoms with van der Waals surface area (Å²) < 4.78 is 1.36. The van der Waals surface area contributed by atoms with Crippen LogP contribution >= 0.6 is 11.3 Å². The molecule has 0 aliphatic rings. The van der Waals surface area contributed by atoms with Crippen molar-refractivity contribution in [2.24, 2.45) is 0 Å². The fourth-order valence-corrected chi connectivity index (χ4v) is 3.46. The normalized spacial score (nSPS) is 12.7. The standard InChI is InChI=1S/C17H18N2S/c1-12-7-8-13(10-19-12)16(18-2)9-14-11-20-17-6-4-3-5-15(14)17/h3-8,10-11,16,18H,9H2,1-2H3. The van der Waals surface area contributed by atoms with Crippen molar-refractivity contribution in [1.29, 1.82) is 0 Å². The Morgan fingerprint density at radius 3 is 2.80 bits per heavy atom. The van der Waals surface area contributed by atoms with E-state index in [4.69, 9.17) is 0 Å². The monoisotopic (exact) mass is 282 g/mol. The quantitative estimate of drug-likeness (QED) is 0.779. The number of likely N-dealkylation sites (N-methyl/N-ethyl adjacent to an activating group) is 1. The highest BCUT2D eigenvalue weighted by Crippen LogP contribution is 2.29. The van der Waals surface area contributed by atoms with Crippen LogP contribution in [0.15, 0.2) is 48.0 Å². The maximum Gasteiger partial charge on any atom is 0.0374 e. The van der Waals surface area contributed by atoms with E-state index in [1.165, 1.54) is 21.2 Å². The fourth-order valence-electron chi connectivity index (χ4n) is 2.48. The number of pyridine rings is 1. The molecule has 3 rings (SSSR count). The summed E-state index contributed by atoms with van der Waals surface area (Å²) in [7, 11) is 2.01. The van der Waals surface area contributed by atoms with Gasteiger partial charge >= 0.3 is 0 Å². The van der Waals surface area contributed by atoms with Crippen LogP contribution in [0.4, 0.5) is 0 Å². The van der Waals surface area contributed by atoms with Gasteiger partial charge in [-0.25, -0.2) is 0 Å². The fraction of sp³-hybridized carbons (Fsp3) is 0.235. The molecule has 0 aliphatic heterocycles. The molecule has 20 heavy (non-hydrogen) atoms. The highest BCUT2D eigenvalue weighted by molar-refractivity contribution is 7.17. The molecule has 2 nitrogen and oxygen atoms in total. The highest BCUT2D eigenvalue weighted by Gasteiger charge is 2.13. The van der Waals surface area contributed by atoms with Crippen molar-refractivity contribution in [2.75, 3.05) is 7.05 Å². The van der Waals surface area contributed by atoms with Crippen molar-refractivity contribution in [2.45, 2.75) is 19.4 Å². The first-order valence-electron chi connectivity index (χ1n) is 6.83. The molecule has 102 valence electrons. The van der Waals surface area contributed by atoms with Crippen molar-refractivity contribution < 1.29 is 0 Å². The molecule has 1 atom stereocenters. The summed E-state index contributed by atoms with van der Waals surface area (Å²) in [6, 6.07) is 13.2. The summed E-state index contributed by atoms with van der Waals surface area (Å²) in [5, 5.41) is 7.05. The Morgan fingerprint density at radius 1 is 1.20 bits per heavy atom. The van der Waals surface area contributed by atoms with E-state index in [2.05, 4.69) is 52.1 Å². The van der Waals surface area contributed by atoms with E-state index in [0.29, 0.717) is 6.04 Å². The first-order valence-corrected chi connectivity index (χ1v) is 7.71. The SMILES string of the molecule is CNC(Cc1csc2ccccc12)c1ccc(C)nc1. The largest absolute Gasteiger partial charge is 0.313 e. The van der Waals surface area contributed by atoms with Gasteiger partial charge in [-0.2, -0.15) is 0 Å². The Hall–Kier alpha value is -1.71. The Morgan fingerprint density at radius 2 is 2.05 bits per heavy atom. The minimum Gasteiger partial charge on any atom is -0.313 e. The number of aromatic nitrogens is 1. The van der Waals surface area contributed by atoms with Crippen molar-refractivity contribution in [3.63, 3.8) is 0 Å². The number of nitrogens with zero attached hydrogens (tertiary/aromatic N) is 1. The molecule has 1 N–H and O–H groups in total. The summed E-state index contributed by atoms with van der Waals surface area (Å²) in [4.78, 5) is 4.40. The third kappa shape index (κ3) is 2.60. The smallest absolute Gasteiger partial charge is 0.0374 e. The molecule has 2 heterocycles. The van der Waals surface area contributed by atoms with Crippen LogP contribution in [0.3, 0.4) is 0 Å². The predicted octanol–water partition coefficient (Wildman–Crippen LogP) is 4.11.